The third-order valence-electron chi connectivity index (χ3n) is 12.9. The Morgan fingerprint density at radius 2 is 0.768 bits per heavy atom. The molecule has 0 N–H and O–H groups in total. The summed E-state index contributed by atoms with van der Waals surface area (Å²) in [5.74, 6) is 0.663. The molecule has 1 heteroatoms. The van der Waals surface area contributed by atoms with Gasteiger partial charge in [0.1, 0.15) is 0 Å². The van der Waals surface area contributed by atoms with E-state index in [4.69, 9.17) is 0 Å². The number of benzene rings is 8. The van der Waals surface area contributed by atoms with Crippen LogP contribution in [-0.2, 0) is 5.41 Å². The molecular formula is C55H43N. The molecule has 0 aliphatic heterocycles. The number of hydrogen-bond donors (Lipinski definition) is 0. The van der Waals surface area contributed by atoms with E-state index in [0.717, 1.165) is 5.69 Å². The fourth-order valence-corrected chi connectivity index (χ4v) is 10.4. The molecule has 56 heavy (non-hydrogen) atoms. The third kappa shape index (κ3) is 5.07. The van der Waals surface area contributed by atoms with Crippen LogP contribution in [-0.4, -0.2) is 0 Å². The van der Waals surface area contributed by atoms with E-state index in [9.17, 15) is 0 Å². The van der Waals surface area contributed by atoms with Crippen LogP contribution < -0.4 is 4.90 Å². The summed E-state index contributed by atoms with van der Waals surface area (Å²) in [6, 6.07) is 72.7. The van der Waals surface area contributed by atoms with E-state index in [1.165, 1.54) is 116 Å². The van der Waals surface area contributed by atoms with Gasteiger partial charge in [0.05, 0.1) is 5.41 Å². The Hall–Kier alpha value is -6.44. The molecule has 0 heterocycles. The zero-order valence-corrected chi connectivity index (χ0v) is 31.5. The molecular weight excluding hydrogens is 675 g/mol. The fraction of sp³-hybridized carbons (Fsp3) is 0.127. The first-order valence-electron chi connectivity index (χ1n) is 20.4. The van der Waals surface area contributed by atoms with Crippen molar-refractivity contribution >= 4 is 17.1 Å². The van der Waals surface area contributed by atoms with Crippen LogP contribution in [0.2, 0.25) is 0 Å². The van der Waals surface area contributed by atoms with Gasteiger partial charge in [0.15, 0.2) is 0 Å². The smallest absolute Gasteiger partial charge is 0.0726 e. The van der Waals surface area contributed by atoms with Crippen molar-refractivity contribution in [3.63, 3.8) is 0 Å². The van der Waals surface area contributed by atoms with Crippen LogP contribution in [0.5, 0.6) is 0 Å². The Labute approximate surface area is 330 Å². The van der Waals surface area contributed by atoms with Crippen molar-refractivity contribution in [2.75, 3.05) is 4.90 Å². The largest absolute Gasteiger partial charge is 0.310 e. The molecule has 1 saturated carbocycles. The molecule has 1 nitrogen and oxygen atoms in total. The van der Waals surface area contributed by atoms with Gasteiger partial charge >= 0.3 is 0 Å². The second-order valence-electron chi connectivity index (χ2n) is 15.8. The van der Waals surface area contributed by atoms with Crippen LogP contribution in [0.25, 0.3) is 44.5 Å². The molecule has 8 aromatic carbocycles. The number of anilines is 3. The Bertz CT molecular complexity index is 2650. The summed E-state index contributed by atoms with van der Waals surface area (Å²) >= 11 is 0. The summed E-state index contributed by atoms with van der Waals surface area (Å²) in [5.41, 5.74) is 20.3. The highest BCUT2D eigenvalue weighted by Crippen LogP contribution is 2.63. The zero-order chi connectivity index (χ0) is 37.1. The maximum Gasteiger partial charge on any atom is 0.0726 e. The second-order valence-corrected chi connectivity index (χ2v) is 15.8. The van der Waals surface area contributed by atoms with Crippen LogP contribution in [0.4, 0.5) is 17.1 Å². The molecule has 1 fully saturated rings. The quantitative estimate of drug-likeness (QED) is 0.166. The van der Waals surface area contributed by atoms with E-state index in [0.29, 0.717) is 5.92 Å². The molecule has 1 spiro atoms. The highest BCUT2D eigenvalue weighted by Gasteiger charge is 2.51. The van der Waals surface area contributed by atoms with E-state index in [2.05, 4.69) is 199 Å². The number of nitrogens with zero attached hydrogens (tertiary/aromatic N) is 1. The average molecular weight is 718 g/mol. The van der Waals surface area contributed by atoms with Crippen molar-refractivity contribution in [3.8, 4) is 44.5 Å². The minimum atomic E-state index is -0.392. The molecule has 0 radical (unpaired) electrons. The predicted molar refractivity (Wildman–Crippen MR) is 234 cm³/mol. The first-order valence-corrected chi connectivity index (χ1v) is 20.4. The molecule has 0 atom stereocenters. The summed E-state index contributed by atoms with van der Waals surface area (Å²) in [7, 11) is 0. The number of rotatable bonds is 6. The number of hydrogen-bond acceptors (Lipinski definition) is 1. The van der Waals surface area contributed by atoms with Gasteiger partial charge in [-0.15, -0.1) is 0 Å². The highest BCUT2D eigenvalue weighted by atomic mass is 15.1. The Morgan fingerprint density at radius 1 is 0.339 bits per heavy atom. The molecule has 268 valence electrons. The Balaban J connectivity index is 1.08. The minimum Gasteiger partial charge on any atom is -0.310 e. The van der Waals surface area contributed by atoms with E-state index < -0.39 is 5.41 Å². The fourth-order valence-electron chi connectivity index (χ4n) is 10.4. The molecule has 11 rings (SSSR count). The molecule has 0 unspecified atom stereocenters. The molecule has 0 aromatic heterocycles. The van der Waals surface area contributed by atoms with Crippen LogP contribution in [0, 0.1) is 0 Å². The van der Waals surface area contributed by atoms with Gasteiger partial charge in [-0.05, 0) is 127 Å². The van der Waals surface area contributed by atoms with E-state index in [1.54, 1.807) is 0 Å². The van der Waals surface area contributed by atoms with Gasteiger partial charge in [0, 0.05) is 17.1 Å². The lowest BCUT2D eigenvalue weighted by atomic mass is 9.70. The first kappa shape index (κ1) is 32.9. The lowest BCUT2D eigenvalue weighted by Crippen LogP contribution is -2.26. The lowest BCUT2D eigenvalue weighted by molar-refractivity contribution is 0.443. The second kappa shape index (κ2) is 13.4. The Morgan fingerprint density at radius 3 is 1.32 bits per heavy atom. The van der Waals surface area contributed by atoms with Crippen molar-refractivity contribution in [2.45, 2.75) is 43.4 Å². The van der Waals surface area contributed by atoms with E-state index in [-0.39, 0.29) is 0 Å². The lowest BCUT2D eigenvalue weighted by Gasteiger charge is -2.32. The first-order chi connectivity index (χ1) is 27.8. The van der Waals surface area contributed by atoms with E-state index in [1.807, 2.05) is 0 Å². The van der Waals surface area contributed by atoms with Crippen molar-refractivity contribution in [3.05, 3.63) is 222 Å². The van der Waals surface area contributed by atoms with Gasteiger partial charge in [0.2, 0.25) is 0 Å². The van der Waals surface area contributed by atoms with Crippen LogP contribution in [0.15, 0.2) is 194 Å². The summed E-state index contributed by atoms with van der Waals surface area (Å²) in [4.78, 5) is 2.47. The van der Waals surface area contributed by atoms with Gasteiger partial charge in [0.25, 0.3) is 0 Å². The summed E-state index contributed by atoms with van der Waals surface area (Å²) in [6.07, 6.45) is 6.64. The topological polar surface area (TPSA) is 3.24 Å². The molecule has 3 aliphatic rings. The molecule has 8 aromatic rings. The summed E-state index contributed by atoms with van der Waals surface area (Å²) in [6.45, 7) is 0. The SMILES string of the molecule is c1ccc(-c2ccccc2-c2ccc(N(c3ccc(C4CCCCC4)cc3)c3ccc4c(c3)C3(c5ccccc5-c5ccccc53)c3ccccc3-4)cc2)cc1. The Kier molecular flexibility index (Phi) is 7.88. The zero-order valence-electron chi connectivity index (χ0n) is 31.5. The highest BCUT2D eigenvalue weighted by molar-refractivity contribution is 5.96. The van der Waals surface area contributed by atoms with Gasteiger partial charge < -0.3 is 4.90 Å². The van der Waals surface area contributed by atoms with Crippen LogP contribution in [0.3, 0.4) is 0 Å². The van der Waals surface area contributed by atoms with Crippen LogP contribution >= 0.6 is 0 Å². The molecule has 0 bridgehead atoms. The minimum absolute atomic E-state index is 0.392. The van der Waals surface area contributed by atoms with Crippen molar-refractivity contribution < 1.29 is 0 Å². The monoisotopic (exact) mass is 717 g/mol. The molecule has 3 aliphatic carbocycles. The standard InChI is InChI=1S/C55H43N/c1-3-15-38(16-4-1)39-27-31-42(32-28-39)56(43-33-29-41(30-34-43)46-20-8-7-19-45(46)40-17-5-2-6-18-40)44-35-36-50-49-23-11-14-26-53(49)55(54(50)37-44)51-24-12-9-21-47(51)48-22-10-13-25-52(48)55/h2,5-14,17-38H,1,3-4,15-16H2. The van der Waals surface area contributed by atoms with Gasteiger partial charge in [-0.1, -0.05) is 177 Å². The summed E-state index contributed by atoms with van der Waals surface area (Å²) in [5, 5.41) is 0. The normalized spacial score (nSPS) is 14.9. The predicted octanol–water partition coefficient (Wildman–Crippen LogP) is 14.9. The third-order valence-corrected chi connectivity index (χ3v) is 12.9. The molecule has 0 amide bonds. The molecule has 0 saturated heterocycles. The van der Waals surface area contributed by atoms with Gasteiger partial charge in [-0.3, -0.25) is 0 Å². The van der Waals surface area contributed by atoms with Crippen molar-refractivity contribution in [2.24, 2.45) is 0 Å². The maximum atomic E-state index is 2.50. The van der Waals surface area contributed by atoms with E-state index >= 15 is 0 Å². The number of fused-ring (bicyclic) bond motifs is 10. The van der Waals surface area contributed by atoms with Crippen molar-refractivity contribution in [1.82, 2.24) is 0 Å². The van der Waals surface area contributed by atoms with Crippen molar-refractivity contribution in [1.29, 1.82) is 0 Å². The van der Waals surface area contributed by atoms with Gasteiger partial charge in [-0.2, -0.15) is 0 Å². The van der Waals surface area contributed by atoms with Gasteiger partial charge in [-0.25, -0.2) is 0 Å². The van der Waals surface area contributed by atoms with Crippen LogP contribution in [0.1, 0.15) is 65.8 Å². The average Bonchev–Trinajstić information content (AvgIpc) is 3.75. The summed E-state index contributed by atoms with van der Waals surface area (Å²) < 4.78 is 0. The maximum absolute atomic E-state index is 2.50.